The Bertz CT molecular complexity index is 956. The Hall–Kier alpha value is -3.45. The topological polar surface area (TPSA) is 84.5 Å². The number of thiophene rings is 1. The molecule has 3 rings (SSSR count). The smallest absolute Gasteiger partial charge is 0.338 e. The Balaban J connectivity index is 1.50. The van der Waals surface area contributed by atoms with Crippen molar-refractivity contribution in [1.29, 1.82) is 0 Å². The van der Waals surface area contributed by atoms with Gasteiger partial charge in [-0.3, -0.25) is 9.59 Å². The Morgan fingerprint density at radius 2 is 1.75 bits per heavy atom. The van der Waals surface area contributed by atoms with Gasteiger partial charge in [-0.25, -0.2) is 4.79 Å². The Morgan fingerprint density at radius 3 is 2.50 bits per heavy atom. The lowest BCUT2D eigenvalue weighted by Gasteiger charge is -2.08. The number of hydrogen-bond donors (Lipinski definition) is 2. The molecule has 0 saturated carbocycles. The van der Waals surface area contributed by atoms with Gasteiger partial charge in [-0.2, -0.15) is 0 Å². The van der Waals surface area contributed by atoms with E-state index >= 15 is 0 Å². The van der Waals surface area contributed by atoms with Gasteiger partial charge >= 0.3 is 5.97 Å². The van der Waals surface area contributed by atoms with E-state index in [0.717, 1.165) is 5.56 Å². The summed E-state index contributed by atoms with van der Waals surface area (Å²) in [7, 11) is 0. The molecule has 0 radical (unpaired) electrons. The number of benzene rings is 2. The number of hydrogen-bond acceptors (Lipinski definition) is 5. The van der Waals surface area contributed by atoms with Gasteiger partial charge in [0.2, 0.25) is 0 Å². The van der Waals surface area contributed by atoms with Crippen LogP contribution in [0.25, 0.3) is 0 Å². The molecule has 0 atom stereocenters. The number of amides is 2. The van der Waals surface area contributed by atoms with E-state index in [1.54, 1.807) is 30.3 Å². The summed E-state index contributed by atoms with van der Waals surface area (Å²) in [6, 6.07) is 19.3. The number of ether oxygens (including phenoxy) is 1. The highest BCUT2D eigenvalue weighted by Crippen LogP contribution is 2.15. The largest absolute Gasteiger partial charge is 0.452 e. The van der Waals surface area contributed by atoms with Gasteiger partial charge in [-0.15, -0.1) is 11.3 Å². The van der Waals surface area contributed by atoms with Crippen molar-refractivity contribution in [2.75, 3.05) is 11.9 Å². The average Bonchev–Trinajstić information content (AvgIpc) is 3.26. The second-order valence-electron chi connectivity index (χ2n) is 5.85. The van der Waals surface area contributed by atoms with E-state index in [1.807, 2.05) is 35.7 Å². The molecule has 142 valence electrons. The van der Waals surface area contributed by atoms with Gasteiger partial charge in [0, 0.05) is 12.2 Å². The van der Waals surface area contributed by atoms with Crippen molar-refractivity contribution in [3.8, 4) is 0 Å². The van der Waals surface area contributed by atoms with E-state index in [0.29, 0.717) is 17.1 Å². The van der Waals surface area contributed by atoms with Crippen molar-refractivity contribution in [3.63, 3.8) is 0 Å². The lowest BCUT2D eigenvalue weighted by Crippen LogP contribution is -2.28. The van der Waals surface area contributed by atoms with Crippen molar-refractivity contribution in [2.24, 2.45) is 0 Å². The Labute approximate surface area is 166 Å². The van der Waals surface area contributed by atoms with Crippen LogP contribution in [0.15, 0.2) is 72.1 Å². The second kappa shape index (κ2) is 9.48. The molecule has 0 saturated heterocycles. The summed E-state index contributed by atoms with van der Waals surface area (Å²) in [5, 5.41) is 7.23. The third-order valence-corrected chi connectivity index (χ3v) is 4.64. The molecule has 2 aromatic carbocycles. The predicted octanol–water partition coefficient (Wildman–Crippen LogP) is 3.47. The molecule has 6 nitrogen and oxygen atoms in total. The van der Waals surface area contributed by atoms with Gasteiger partial charge in [0.1, 0.15) is 0 Å². The lowest BCUT2D eigenvalue weighted by molar-refractivity contribution is -0.124. The van der Waals surface area contributed by atoms with E-state index in [4.69, 9.17) is 4.74 Å². The number of esters is 1. The Morgan fingerprint density at radius 1 is 0.929 bits per heavy atom. The molecule has 1 aromatic heterocycles. The van der Waals surface area contributed by atoms with Crippen LogP contribution in [0, 0.1) is 0 Å². The molecular formula is C21H18N2O4S. The molecule has 0 unspecified atom stereocenters. The molecule has 0 aliphatic carbocycles. The molecule has 0 bridgehead atoms. The maximum absolute atomic E-state index is 12.2. The van der Waals surface area contributed by atoms with Crippen LogP contribution in [0.3, 0.4) is 0 Å². The van der Waals surface area contributed by atoms with E-state index in [1.165, 1.54) is 17.4 Å². The number of carbonyl (C=O) groups is 3. The fourth-order valence-corrected chi connectivity index (χ4v) is 3.01. The third-order valence-electron chi connectivity index (χ3n) is 3.77. The third kappa shape index (κ3) is 5.52. The zero-order chi connectivity index (χ0) is 19.8. The highest BCUT2D eigenvalue weighted by Gasteiger charge is 2.12. The van der Waals surface area contributed by atoms with E-state index < -0.39 is 5.97 Å². The molecule has 3 aromatic rings. The van der Waals surface area contributed by atoms with Gasteiger partial charge in [0.05, 0.1) is 10.4 Å². The first kappa shape index (κ1) is 19.3. The monoisotopic (exact) mass is 394 g/mol. The quantitative estimate of drug-likeness (QED) is 0.601. The molecule has 2 N–H and O–H groups in total. The molecular weight excluding hydrogens is 376 g/mol. The molecule has 28 heavy (non-hydrogen) atoms. The van der Waals surface area contributed by atoms with E-state index in [-0.39, 0.29) is 24.0 Å². The van der Waals surface area contributed by atoms with Crippen LogP contribution in [0.5, 0.6) is 0 Å². The zero-order valence-electron chi connectivity index (χ0n) is 14.9. The predicted molar refractivity (Wildman–Crippen MR) is 107 cm³/mol. The summed E-state index contributed by atoms with van der Waals surface area (Å²) in [6.45, 7) is -0.0150. The van der Waals surface area contributed by atoms with Gasteiger partial charge < -0.3 is 15.4 Å². The first-order valence-electron chi connectivity index (χ1n) is 8.54. The number of anilines is 1. The Kier molecular flexibility index (Phi) is 6.54. The van der Waals surface area contributed by atoms with Gasteiger partial charge in [0.15, 0.2) is 6.61 Å². The van der Waals surface area contributed by atoms with Gasteiger partial charge in [-0.05, 0) is 35.2 Å². The maximum Gasteiger partial charge on any atom is 0.338 e. The minimum Gasteiger partial charge on any atom is -0.452 e. The number of carbonyl (C=O) groups excluding carboxylic acids is 3. The summed E-state index contributed by atoms with van der Waals surface area (Å²) in [5.74, 6) is -1.28. The van der Waals surface area contributed by atoms with Crippen LogP contribution < -0.4 is 10.6 Å². The first-order valence-corrected chi connectivity index (χ1v) is 9.42. The van der Waals surface area contributed by atoms with Crippen molar-refractivity contribution in [3.05, 3.63) is 88.1 Å². The molecule has 2 amide bonds. The van der Waals surface area contributed by atoms with Crippen molar-refractivity contribution >= 4 is 34.8 Å². The van der Waals surface area contributed by atoms with Gasteiger partial charge in [-0.1, -0.05) is 42.5 Å². The first-order chi connectivity index (χ1) is 13.6. The SMILES string of the molecule is O=C(COC(=O)c1cccc(NC(=O)c2cccs2)c1)NCc1ccccc1. The summed E-state index contributed by atoms with van der Waals surface area (Å²) in [6.07, 6.45) is 0. The summed E-state index contributed by atoms with van der Waals surface area (Å²) in [4.78, 5) is 36.7. The summed E-state index contributed by atoms with van der Waals surface area (Å²) < 4.78 is 5.05. The molecule has 1 heterocycles. The maximum atomic E-state index is 12.2. The normalized spacial score (nSPS) is 10.1. The van der Waals surface area contributed by atoms with Crippen LogP contribution >= 0.6 is 11.3 Å². The molecule has 0 fully saturated rings. The molecule has 7 heteroatoms. The standard InChI is InChI=1S/C21H18N2O4S/c24-19(22-13-15-6-2-1-3-7-15)14-27-21(26)16-8-4-9-17(12-16)23-20(25)18-10-5-11-28-18/h1-12H,13-14H2,(H,22,24)(H,23,25). The van der Waals surface area contributed by atoms with E-state index in [2.05, 4.69) is 10.6 Å². The van der Waals surface area contributed by atoms with E-state index in [9.17, 15) is 14.4 Å². The molecule has 0 spiro atoms. The fourth-order valence-electron chi connectivity index (χ4n) is 2.39. The molecule has 0 aliphatic rings. The minimum absolute atomic E-state index is 0.249. The minimum atomic E-state index is -0.637. The molecule has 0 aliphatic heterocycles. The number of nitrogens with one attached hydrogen (secondary N) is 2. The van der Waals surface area contributed by atoms with Crippen LogP contribution in [0.2, 0.25) is 0 Å². The highest BCUT2D eigenvalue weighted by atomic mass is 32.1. The fraction of sp³-hybridized carbons (Fsp3) is 0.0952. The zero-order valence-corrected chi connectivity index (χ0v) is 15.7. The van der Waals surface area contributed by atoms with Crippen molar-refractivity contribution in [2.45, 2.75) is 6.54 Å². The van der Waals surface area contributed by atoms with Crippen LogP contribution in [-0.4, -0.2) is 24.4 Å². The lowest BCUT2D eigenvalue weighted by atomic mass is 10.2. The summed E-state index contributed by atoms with van der Waals surface area (Å²) in [5.41, 5.74) is 1.68. The van der Waals surface area contributed by atoms with Crippen molar-refractivity contribution in [1.82, 2.24) is 5.32 Å². The van der Waals surface area contributed by atoms with Crippen LogP contribution in [-0.2, 0) is 16.1 Å². The van der Waals surface area contributed by atoms with Crippen LogP contribution in [0.1, 0.15) is 25.6 Å². The highest BCUT2D eigenvalue weighted by molar-refractivity contribution is 7.12. The second-order valence-corrected chi connectivity index (χ2v) is 6.80. The van der Waals surface area contributed by atoms with Crippen molar-refractivity contribution < 1.29 is 19.1 Å². The number of rotatable bonds is 7. The summed E-state index contributed by atoms with van der Waals surface area (Å²) >= 11 is 1.33. The van der Waals surface area contributed by atoms with Gasteiger partial charge in [0.25, 0.3) is 11.8 Å². The average molecular weight is 394 g/mol. The van der Waals surface area contributed by atoms with Crippen LogP contribution in [0.4, 0.5) is 5.69 Å².